The fourth-order valence-corrected chi connectivity index (χ4v) is 5.48. The molecule has 5 rings (SSSR count). The summed E-state index contributed by atoms with van der Waals surface area (Å²) < 4.78 is 0. The summed E-state index contributed by atoms with van der Waals surface area (Å²) in [5.41, 5.74) is 10.7. The Balaban J connectivity index is 1.03. The molecule has 1 amide bonds. The molecule has 5 N–H and O–H groups in total. The second-order valence-electron chi connectivity index (χ2n) is 10.3. The van der Waals surface area contributed by atoms with Crippen LogP contribution in [0.2, 0.25) is 5.02 Å². The predicted molar refractivity (Wildman–Crippen MR) is 174 cm³/mol. The van der Waals surface area contributed by atoms with Crippen LogP contribution < -0.4 is 21.7 Å². The highest BCUT2D eigenvalue weighted by molar-refractivity contribution is 6.33. The quantitative estimate of drug-likeness (QED) is 0.0943. The van der Waals surface area contributed by atoms with Gasteiger partial charge in [-0.15, -0.1) is 0 Å². The number of fused-ring (bicyclic) bond motifs is 3. The summed E-state index contributed by atoms with van der Waals surface area (Å²) >= 11 is 6.62. The number of nitrogens with one attached hydrogen (secondary N) is 3. The molecule has 0 aliphatic rings. The van der Waals surface area contributed by atoms with Gasteiger partial charge in [-0.1, -0.05) is 54.1 Å². The lowest BCUT2D eigenvalue weighted by molar-refractivity contribution is 0.100. The van der Waals surface area contributed by atoms with Crippen molar-refractivity contribution in [3.8, 4) is 17.2 Å². The summed E-state index contributed by atoms with van der Waals surface area (Å²) in [6, 6.07) is 23.5. The van der Waals surface area contributed by atoms with Gasteiger partial charge in [0.25, 0.3) is 0 Å². The number of hydrogen-bond donors (Lipinski definition) is 4. The third kappa shape index (κ3) is 7.46. The molecule has 0 unspecified atom stereocenters. The first-order chi connectivity index (χ1) is 21.0. The number of primary amides is 1. The number of amides is 1. The van der Waals surface area contributed by atoms with E-state index in [1.54, 1.807) is 18.3 Å². The van der Waals surface area contributed by atoms with Crippen LogP contribution in [-0.4, -0.2) is 42.1 Å². The molecule has 5 aromatic rings. The van der Waals surface area contributed by atoms with Crippen LogP contribution in [0, 0.1) is 11.3 Å². The molecule has 0 atom stereocenters. The van der Waals surface area contributed by atoms with Crippen LogP contribution in [0.15, 0.2) is 79.1 Å². The summed E-state index contributed by atoms with van der Waals surface area (Å²) in [5, 5.41) is 23.1. The highest BCUT2D eigenvalue weighted by Crippen LogP contribution is 2.32. The van der Waals surface area contributed by atoms with Crippen molar-refractivity contribution in [1.82, 2.24) is 20.6 Å². The van der Waals surface area contributed by atoms with Crippen LogP contribution in [0.1, 0.15) is 34.3 Å². The number of carbonyl (C=O) groups excluding carboxylic acids is 1. The minimum absolute atomic E-state index is 0.359. The molecule has 0 fully saturated rings. The lowest BCUT2D eigenvalue weighted by atomic mass is 9.97. The Labute approximate surface area is 256 Å². The average Bonchev–Trinajstić information content (AvgIpc) is 3.02. The summed E-state index contributed by atoms with van der Waals surface area (Å²) in [5.74, 6) is 0.287. The zero-order valence-corrected chi connectivity index (χ0v) is 24.6. The molecular weight excluding hydrogens is 558 g/mol. The van der Waals surface area contributed by atoms with Gasteiger partial charge in [-0.3, -0.25) is 9.78 Å². The summed E-state index contributed by atoms with van der Waals surface area (Å²) in [4.78, 5) is 20.7. The lowest BCUT2D eigenvalue weighted by Gasteiger charge is -2.12. The standard InChI is InChI=1S/C34H34ClN7O/c35-31-19-23(7-9-27(31)26-6-2-1-5-24(26)11-13-36)21-39-15-4-3-14-38-17-18-41-34-29-12-16-40-22-30(29)28-10-8-25(33(37)43)20-32(28)42-34/h1-2,5-10,12,16,19-20,22,38-39H,3-4,11,14-15,17-18,21H2,(H2,37,43)(H,41,42). The van der Waals surface area contributed by atoms with Crippen molar-refractivity contribution < 1.29 is 4.79 Å². The van der Waals surface area contributed by atoms with Gasteiger partial charge >= 0.3 is 0 Å². The van der Waals surface area contributed by atoms with Crippen molar-refractivity contribution in [3.05, 3.63) is 101 Å². The normalized spacial score (nSPS) is 11.1. The Kier molecular flexibility index (Phi) is 10.1. The van der Waals surface area contributed by atoms with E-state index in [1.807, 2.05) is 54.7 Å². The zero-order chi connectivity index (χ0) is 30.0. The van der Waals surface area contributed by atoms with Gasteiger partial charge in [0.05, 0.1) is 18.0 Å². The van der Waals surface area contributed by atoms with E-state index in [9.17, 15) is 4.79 Å². The van der Waals surface area contributed by atoms with Crippen LogP contribution in [-0.2, 0) is 13.0 Å². The molecule has 218 valence electrons. The van der Waals surface area contributed by atoms with Gasteiger partial charge in [-0.25, -0.2) is 4.98 Å². The molecule has 0 saturated carbocycles. The first-order valence-electron chi connectivity index (χ1n) is 14.4. The second kappa shape index (κ2) is 14.6. The number of pyridine rings is 2. The fourth-order valence-electron chi connectivity index (χ4n) is 5.17. The third-order valence-corrected chi connectivity index (χ3v) is 7.68. The van der Waals surface area contributed by atoms with Crippen molar-refractivity contribution in [2.75, 3.05) is 31.5 Å². The summed E-state index contributed by atoms with van der Waals surface area (Å²) in [6.07, 6.45) is 6.05. The topological polar surface area (TPSA) is 129 Å². The molecule has 8 nitrogen and oxygen atoms in total. The minimum Gasteiger partial charge on any atom is -0.368 e. The van der Waals surface area contributed by atoms with E-state index in [4.69, 9.17) is 27.6 Å². The Morgan fingerprint density at radius 1 is 0.884 bits per heavy atom. The van der Waals surface area contributed by atoms with Crippen LogP contribution in [0.25, 0.3) is 32.8 Å². The predicted octanol–water partition coefficient (Wildman–Crippen LogP) is 5.84. The third-order valence-electron chi connectivity index (χ3n) is 7.37. The fraction of sp³-hybridized carbons (Fsp3) is 0.235. The lowest BCUT2D eigenvalue weighted by Crippen LogP contribution is -2.24. The van der Waals surface area contributed by atoms with Crippen molar-refractivity contribution in [2.45, 2.75) is 25.8 Å². The van der Waals surface area contributed by atoms with E-state index in [-0.39, 0.29) is 0 Å². The molecular formula is C34H34ClN7O. The number of carbonyl (C=O) groups is 1. The van der Waals surface area contributed by atoms with Gasteiger partial charge < -0.3 is 21.7 Å². The summed E-state index contributed by atoms with van der Waals surface area (Å²) in [6.45, 7) is 4.09. The zero-order valence-electron chi connectivity index (χ0n) is 23.9. The Morgan fingerprint density at radius 3 is 2.53 bits per heavy atom. The van der Waals surface area contributed by atoms with Crippen molar-refractivity contribution in [2.24, 2.45) is 5.73 Å². The van der Waals surface area contributed by atoms with Gasteiger partial charge in [-0.2, -0.15) is 5.26 Å². The van der Waals surface area contributed by atoms with Crippen LogP contribution in [0.5, 0.6) is 0 Å². The van der Waals surface area contributed by atoms with Gasteiger partial charge in [0.2, 0.25) is 5.91 Å². The molecule has 9 heteroatoms. The van der Waals surface area contributed by atoms with Gasteiger partial charge in [0.1, 0.15) is 5.82 Å². The number of nitriles is 1. The van der Waals surface area contributed by atoms with E-state index in [0.29, 0.717) is 29.1 Å². The minimum atomic E-state index is -0.474. The molecule has 0 saturated heterocycles. The largest absolute Gasteiger partial charge is 0.368 e. The molecule has 0 spiro atoms. The van der Waals surface area contributed by atoms with E-state index >= 15 is 0 Å². The maximum absolute atomic E-state index is 11.7. The van der Waals surface area contributed by atoms with Gasteiger partial charge in [0, 0.05) is 64.3 Å². The Morgan fingerprint density at radius 2 is 1.72 bits per heavy atom. The van der Waals surface area contributed by atoms with Crippen molar-refractivity contribution in [1.29, 1.82) is 5.26 Å². The maximum atomic E-state index is 11.7. The Bertz CT molecular complexity index is 1780. The van der Waals surface area contributed by atoms with E-state index in [1.165, 1.54) is 0 Å². The van der Waals surface area contributed by atoms with Crippen molar-refractivity contribution >= 4 is 45.0 Å². The number of halogens is 1. The van der Waals surface area contributed by atoms with Crippen molar-refractivity contribution in [3.63, 3.8) is 0 Å². The van der Waals surface area contributed by atoms with Crippen LogP contribution in [0.4, 0.5) is 5.82 Å². The number of anilines is 1. The molecule has 43 heavy (non-hydrogen) atoms. The van der Waals surface area contributed by atoms with Gasteiger partial charge in [-0.05, 0) is 66.9 Å². The second-order valence-corrected chi connectivity index (χ2v) is 10.8. The SMILES string of the molecule is N#CCc1ccccc1-c1ccc(CNCCCCNCCNc2nc3cc(C(N)=O)ccc3c3cnccc23)cc1Cl. The summed E-state index contributed by atoms with van der Waals surface area (Å²) in [7, 11) is 0. The molecule has 0 aliphatic carbocycles. The molecule has 2 aromatic heterocycles. The first kappa shape index (κ1) is 29.9. The van der Waals surface area contributed by atoms with Crippen LogP contribution in [0.3, 0.4) is 0 Å². The highest BCUT2D eigenvalue weighted by Gasteiger charge is 2.11. The number of nitrogens with zero attached hydrogens (tertiary/aromatic N) is 3. The number of nitrogens with two attached hydrogens (primary N) is 1. The highest BCUT2D eigenvalue weighted by atomic mass is 35.5. The molecule has 0 bridgehead atoms. The van der Waals surface area contributed by atoms with Gasteiger partial charge in [0.15, 0.2) is 0 Å². The smallest absolute Gasteiger partial charge is 0.248 e. The maximum Gasteiger partial charge on any atom is 0.248 e. The number of unbranched alkanes of at least 4 members (excludes halogenated alkanes) is 1. The van der Waals surface area contributed by atoms with E-state index in [0.717, 1.165) is 83.3 Å². The number of benzene rings is 3. The number of hydrogen-bond acceptors (Lipinski definition) is 7. The average molecular weight is 592 g/mol. The van der Waals surface area contributed by atoms with Crippen LogP contribution >= 0.6 is 11.6 Å². The molecule has 3 aromatic carbocycles. The first-order valence-corrected chi connectivity index (χ1v) is 14.8. The molecule has 0 aliphatic heterocycles. The van der Waals surface area contributed by atoms with E-state index in [2.05, 4.69) is 33.1 Å². The molecule has 0 radical (unpaired) electrons. The monoisotopic (exact) mass is 591 g/mol. The Hall–Kier alpha value is -4.55. The number of rotatable bonds is 14. The molecule has 2 heterocycles. The van der Waals surface area contributed by atoms with E-state index < -0.39 is 5.91 Å². The number of aromatic nitrogens is 2.